The Morgan fingerprint density at radius 2 is 2.31 bits per heavy atom. The number of halogens is 1. The van der Waals surface area contributed by atoms with E-state index < -0.39 is 11.9 Å². The fourth-order valence-corrected chi connectivity index (χ4v) is 0.960. The number of carbonyl (C=O) groups is 1. The molecule has 13 heavy (non-hydrogen) atoms. The summed E-state index contributed by atoms with van der Waals surface area (Å²) in [6.07, 6.45) is 0. The lowest BCUT2D eigenvalue weighted by Crippen LogP contribution is -2.06. The first-order valence-corrected chi connectivity index (χ1v) is 3.94. The van der Waals surface area contributed by atoms with Crippen LogP contribution in [0.2, 0.25) is 0 Å². The highest BCUT2D eigenvalue weighted by Crippen LogP contribution is 2.05. The lowest BCUT2D eigenvalue weighted by molar-refractivity contribution is 0.0525. The Labute approximate surface area is 75.6 Å². The van der Waals surface area contributed by atoms with E-state index in [1.807, 2.05) is 0 Å². The Balaban J connectivity index is 2.94. The maximum absolute atomic E-state index is 12.7. The van der Waals surface area contributed by atoms with Gasteiger partial charge in [0.2, 0.25) is 5.95 Å². The molecule has 0 aliphatic carbocycles. The van der Waals surface area contributed by atoms with Crippen molar-refractivity contribution in [2.45, 2.75) is 13.8 Å². The summed E-state index contributed by atoms with van der Waals surface area (Å²) in [4.78, 5) is 14.6. The maximum Gasteiger partial charge on any atom is 0.338 e. The third-order valence-electron chi connectivity index (χ3n) is 1.43. The molecule has 1 aromatic heterocycles. The molecule has 0 unspecified atom stereocenters. The minimum Gasteiger partial charge on any atom is -0.462 e. The van der Waals surface area contributed by atoms with Crippen molar-refractivity contribution in [3.8, 4) is 0 Å². The van der Waals surface area contributed by atoms with E-state index in [0.29, 0.717) is 5.69 Å². The molecule has 1 aromatic rings. The van der Waals surface area contributed by atoms with Gasteiger partial charge in [-0.15, -0.1) is 0 Å². The van der Waals surface area contributed by atoms with Crippen LogP contribution in [-0.4, -0.2) is 17.6 Å². The molecule has 0 fully saturated rings. The number of nitrogens with zero attached hydrogens (tertiary/aromatic N) is 1. The van der Waals surface area contributed by atoms with E-state index in [4.69, 9.17) is 4.74 Å². The third-order valence-corrected chi connectivity index (χ3v) is 1.43. The van der Waals surface area contributed by atoms with Crippen molar-refractivity contribution < 1.29 is 13.9 Å². The second kappa shape index (κ2) is 3.98. The molecular weight excluding hydrogens is 173 g/mol. The van der Waals surface area contributed by atoms with Gasteiger partial charge in [0, 0.05) is 11.8 Å². The number of ether oxygens (including phenoxy) is 1. The van der Waals surface area contributed by atoms with Crippen LogP contribution < -0.4 is 0 Å². The van der Waals surface area contributed by atoms with Gasteiger partial charge in [-0.1, -0.05) is 0 Å². The fraction of sp³-hybridized carbons (Fsp3) is 0.333. The van der Waals surface area contributed by atoms with Crippen molar-refractivity contribution in [3.05, 3.63) is 29.3 Å². The van der Waals surface area contributed by atoms with E-state index in [1.165, 1.54) is 6.07 Å². The normalized spacial score (nSPS) is 9.77. The van der Waals surface area contributed by atoms with Gasteiger partial charge in [-0.2, -0.15) is 4.39 Å². The van der Waals surface area contributed by atoms with Gasteiger partial charge in [0.1, 0.15) is 0 Å². The van der Waals surface area contributed by atoms with Crippen LogP contribution in [0.4, 0.5) is 4.39 Å². The summed E-state index contributed by atoms with van der Waals surface area (Å²) < 4.78 is 17.4. The standard InChI is InChI=1S/C9H10FNO2/c1-3-13-9(12)7-4-6(2)11-8(10)5-7/h4-5H,3H2,1-2H3. The van der Waals surface area contributed by atoms with Gasteiger partial charge in [0.15, 0.2) is 0 Å². The number of esters is 1. The number of carbonyl (C=O) groups excluding carboxylic acids is 1. The zero-order chi connectivity index (χ0) is 9.84. The highest BCUT2D eigenvalue weighted by molar-refractivity contribution is 5.89. The zero-order valence-electron chi connectivity index (χ0n) is 7.50. The Morgan fingerprint density at radius 3 is 2.85 bits per heavy atom. The molecular formula is C9H10FNO2. The van der Waals surface area contributed by atoms with Crippen LogP contribution in [-0.2, 0) is 4.74 Å². The molecule has 3 nitrogen and oxygen atoms in total. The fourth-order valence-electron chi connectivity index (χ4n) is 0.960. The molecule has 0 saturated heterocycles. The molecule has 0 N–H and O–H groups in total. The number of aryl methyl sites for hydroxylation is 1. The molecule has 1 heterocycles. The second-order valence-electron chi connectivity index (χ2n) is 2.54. The maximum atomic E-state index is 12.7. The Hall–Kier alpha value is -1.45. The largest absolute Gasteiger partial charge is 0.462 e. The van der Waals surface area contributed by atoms with Gasteiger partial charge in [-0.25, -0.2) is 9.78 Å². The van der Waals surface area contributed by atoms with Crippen LogP contribution in [0.15, 0.2) is 12.1 Å². The summed E-state index contributed by atoms with van der Waals surface area (Å²) in [5, 5.41) is 0. The van der Waals surface area contributed by atoms with Crippen LogP contribution in [0.3, 0.4) is 0 Å². The Bertz CT molecular complexity index is 305. The first-order valence-electron chi connectivity index (χ1n) is 3.94. The van der Waals surface area contributed by atoms with Gasteiger partial charge in [-0.05, 0) is 19.9 Å². The number of aromatic nitrogens is 1. The van der Waals surface area contributed by atoms with Crippen molar-refractivity contribution in [1.82, 2.24) is 4.98 Å². The first-order chi connectivity index (χ1) is 6.13. The number of hydrogen-bond donors (Lipinski definition) is 0. The van der Waals surface area contributed by atoms with Gasteiger partial charge >= 0.3 is 5.97 Å². The van der Waals surface area contributed by atoms with Crippen LogP contribution in [0.25, 0.3) is 0 Å². The minimum absolute atomic E-state index is 0.201. The van der Waals surface area contributed by atoms with E-state index in [-0.39, 0.29) is 12.2 Å². The Morgan fingerprint density at radius 1 is 1.62 bits per heavy atom. The molecule has 4 heteroatoms. The van der Waals surface area contributed by atoms with Crippen molar-refractivity contribution in [3.63, 3.8) is 0 Å². The molecule has 0 radical (unpaired) electrons. The highest BCUT2D eigenvalue weighted by atomic mass is 19.1. The lowest BCUT2D eigenvalue weighted by atomic mass is 10.2. The molecule has 0 saturated carbocycles. The topological polar surface area (TPSA) is 39.2 Å². The van der Waals surface area contributed by atoms with Crippen LogP contribution >= 0.6 is 0 Å². The van der Waals surface area contributed by atoms with E-state index in [1.54, 1.807) is 13.8 Å². The first kappa shape index (κ1) is 9.64. The molecule has 0 aliphatic rings. The van der Waals surface area contributed by atoms with Crippen molar-refractivity contribution >= 4 is 5.97 Å². The van der Waals surface area contributed by atoms with E-state index in [2.05, 4.69) is 4.98 Å². The van der Waals surface area contributed by atoms with E-state index in [9.17, 15) is 9.18 Å². The molecule has 0 aliphatic heterocycles. The average molecular weight is 183 g/mol. The number of rotatable bonds is 2. The number of pyridine rings is 1. The molecule has 0 atom stereocenters. The molecule has 0 spiro atoms. The quantitative estimate of drug-likeness (QED) is 0.517. The minimum atomic E-state index is -0.664. The summed E-state index contributed by atoms with van der Waals surface area (Å²) >= 11 is 0. The van der Waals surface area contributed by atoms with Crippen molar-refractivity contribution in [2.24, 2.45) is 0 Å². The van der Waals surface area contributed by atoms with Crippen LogP contribution in [0, 0.1) is 12.9 Å². The monoisotopic (exact) mass is 183 g/mol. The predicted molar refractivity (Wildman–Crippen MR) is 44.9 cm³/mol. The molecule has 0 amide bonds. The van der Waals surface area contributed by atoms with Crippen molar-refractivity contribution in [2.75, 3.05) is 6.61 Å². The summed E-state index contributed by atoms with van der Waals surface area (Å²) in [6, 6.07) is 2.55. The van der Waals surface area contributed by atoms with E-state index >= 15 is 0 Å². The predicted octanol–water partition coefficient (Wildman–Crippen LogP) is 1.71. The van der Waals surface area contributed by atoms with Gasteiger partial charge in [0.25, 0.3) is 0 Å². The zero-order valence-corrected chi connectivity index (χ0v) is 7.50. The summed E-state index contributed by atoms with van der Waals surface area (Å²) in [6.45, 7) is 3.59. The van der Waals surface area contributed by atoms with Crippen LogP contribution in [0.1, 0.15) is 23.0 Å². The number of hydrogen-bond acceptors (Lipinski definition) is 3. The summed E-state index contributed by atoms with van der Waals surface area (Å²) in [5.74, 6) is -1.19. The van der Waals surface area contributed by atoms with Crippen LogP contribution in [0.5, 0.6) is 0 Å². The lowest BCUT2D eigenvalue weighted by Gasteiger charge is -2.01. The van der Waals surface area contributed by atoms with Gasteiger partial charge < -0.3 is 4.74 Å². The van der Waals surface area contributed by atoms with Gasteiger partial charge in [-0.3, -0.25) is 0 Å². The molecule has 1 rings (SSSR count). The third kappa shape index (κ3) is 2.50. The van der Waals surface area contributed by atoms with Crippen molar-refractivity contribution in [1.29, 1.82) is 0 Å². The summed E-state index contributed by atoms with van der Waals surface area (Å²) in [7, 11) is 0. The molecule has 70 valence electrons. The van der Waals surface area contributed by atoms with Gasteiger partial charge in [0.05, 0.1) is 12.2 Å². The Kier molecular flexibility index (Phi) is 2.95. The highest BCUT2D eigenvalue weighted by Gasteiger charge is 2.08. The average Bonchev–Trinajstić information content (AvgIpc) is 2.03. The van der Waals surface area contributed by atoms with E-state index in [0.717, 1.165) is 6.07 Å². The smallest absolute Gasteiger partial charge is 0.338 e. The second-order valence-corrected chi connectivity index (χ2v) is 2.54. The molecule has 0 aromatic carbocycles. The molecule has 0 bridgehead atoms. The SMILES string of the molecule is CCOC(=O)c1cc(C)nc(F)c1. The summed E-state index contributed by atoms with van der Waals surface area (Å²) in [5.41, 5.74) is 0.662.